The van der Waals surface area contributed by atoms with Gasteiger partial charge in [0.2, 0.25) is 0 Å². The lowest BCUT2D eigenvalue weighted by atomic mass is 10.0. The van der Waals surface area contributed by atoms with Crippen molar-refractivity contribution in [1.82, 2.24) is 5.32 Å². The number of ether oxygens (including phenoxy) is 1. The summed E-state index contributed by atoms with van der Waals surface area (Å²) >= 11 is 0. The van der Waals surface area contributed by atoms with Crippen molar-refractivity contribution in [3.63, 3.8) is 0 Å². The van der Waals surface area contributed by atoms with Gasteiger partial charge in [-0.25, -0.2) is 0 Å². The molecule has 0 aliphatic heterocycles. The van der Waals surface area contributed by atoms with Crippen LogP contribution in [0.15, 0.2) is 41.0 Å². The number of nitrogens with one attached hydrogen (secondary N) is 1. The van der Waals surface area contributed by atoms with Gasteiger partial charge in [0.25, 0.3) is 0 Å². The highest BCUT2D eigenvalue weighted by Gasteiger charge is 2.21. The molecule has 1 N–H and O–H groups in total. The van der Waals surface area contributed by atoms with Gasteiger partial charge in [0.15, 0.2) is 0 Å². The quantitative estimate of drug-likeness (QED) is 0.826. The maximum atomic E-state index is 6.02. The molecule has 0 bridgehead atoms. The van der Waals surface area contributed by atoms with Crippen LogP contribution in [0.1, 0.15) is 49.5 Å². The molecule has 1 aliphatic rings. The van der Waals surface area contributed by atoms with Crippen LogP contribution in [-0.4, -0.2) is 6.04 Å². The van der Waals surface area contributed by atoms with Crippen molar-refractivity contribution in [2.75, 3.05) is 0 Å². The van der Waals surface area contributed by atoms with Gasteiger partial charge in [-0.3, -0.25) is 0 Å². The van der Waals surface area contributed by atoms with Crippen molar-refractivity contribution >= 4 is 0 Å². The van der Waals surface area contributed by atoms with Crippen LogP contribution in [0.5, 0.6) is 5.75 Å². The van der Waals surface area contributed by atoms with Crippen LogP contribution in [0.4, 0.5) is 0 Å². The predicted molar refractivity (Wildman–Crippen MR) is 83.4 cm³/mol. The van der Waals surface area contributed by atoms with Crippen LogP contribution < -0.4 is 10.1 Å². The predicted octanol–water partition coefficient (Wildman–Crippen LogP) is 4.23. The lowest BCUT2D eigenvalue weighted by Crippen LogP contribution is -2.16. The van der Waals surface area contributed by atoms with Gasteiger partial charge in [-0.1, -0.05) is 32.0 Å². The van der Waals surface area contributed by atoms with Gasteiger partial charge in [-0.2, -0.15) is 0 Å². The van der Waals surface area contributed by atoms with Crippen LogP contribution >= 0.6 is 0 Å². The van der Waals surface area contributed by atoms with E-state index in [2.05, 4.69) is 31.3 Å². The zero-order valence-corrected chi connectivity index (χ0v) is 12.8. The highest BCUT2D eigenvalue weighted by molar-refractivity contribution is 5.35. The molecule has 0 unspecified atom stereocenters. The summed E-state index contributed by atoms with van der Waals surface area (Å²) in [6, 6.07) is 10.9. The molecule has 21 heavy (non-hydrogen) atoms. The minimum atomic E-state index is 0.460. The third kappa shape index (κ3) is 3.67. The Bertz CT molecular complexity index is 584. The molecule has 0 amide bonds. The largest absolute Gasteiger partial charge is 0.488 e. The summed E-state index contributed by atoms with van der Waals surface area (Å²) in [7, 11) is 0. The van der Waals surface area contributed by atoms with E-state index >= 15 is 0 Å². The second-order valence-electron chi connectivity index (χ2n) is 6.01. The second-order valence-corrected chi connectivity index (χ2v) is 6.01. The molecule has 0 atom stereocenters. The lowest BCUT2D eigenvalue weighted by Gasteiger charge is -2.13. The summed E-state index contributed by atoms with van der Waals surface area (Å²) in [4.78, 5) is 0. The van der Waals surface area contributed by atoms with Gasteiger partial charge >= 0.3 is 0 Å². The fourth-order valence-corrected chi connectivity index (χ4v) is 2.42. The summed E-state index contributed by atoms with van der Waals surface area (Å²) in [5.41, 5.74) is 2.38. The first kappa shape index (κ1) is 14.2. The number of hydrogen-bond donors (Lipinski definition) is 1. The fourth-order valence-electron chi connectivity index (χ4n) is 2.42. The molecule has 0 spiro atoms. The first-order chi connectivity index (χ1) is 10.2. The Labute approximate surface area is 126 Å². The number of hydrogen-bond acceptors (Lipinski definition) is 3. The Morgan fingerprint density at radius 3 is 2.81 bits per heavy atom. The van der Waals surface area contributed by atoms with Crippen LogP contribution in [0.3, 0.4) is 0 Å². The van der Waals surface area contributed by atoms with E-state index in [0.29, 0.717) is 18.6 Å². The number of para-hydroxylation sites is 1. The molecular formula is C18H23NO2. The Balaban J connectivity index is 1.63. The summed E-state index contributed by atoms with van der Waals surface area (Å²) in [6.45, 7) is 5.72. The summed E-state index contributed by atoms with van der Waals surface area (Å²) in [5.74, 6) is 2.42. The molecule has 3 heteroatoms. The minimum absolute atomic E-state index is 0.460. The summed E-state index contributed by atoms with van der Waals surface area (Å²) in [6.07, 6.45) is 4.32. The Morgan fingerprint density at radius 1 is 1.24 bits per heavy atom. The zero-order chi connectivity index (χ0) is 14.7. The molecule has 1 aromatic carbocycles. The van der Waals surface area contributed by atoms with Crippen molar-refractivity contribution in [1.29, 1.82) is 0 Å². The van der Waals surface area contributed by atoms with Crippen molar-refractivity contribution in [2.45, 2.75) is 51.8 Å². The average molecular weight is 285 g/mol. The third-order valence-electron chi connectivity index (χ3n) is 3.89. The average Bonchev–Trinajstić information content (AvgIpc) is 3.21. The SMILES string of the molecule is CC(C)c1ccccc1OCc1ccoc1CNC1CC1. The number of furan rings is 1. The van der Waals surface area contributed by atoms with Crippen LogP contribution in [0.2, 0.25) is 0 Å². The van der Waals surface area contributed by atoms with Gasteiger partial charge in [0, 0.05) is 11.6 Å². The van der Waals surface area contributed by atoms with Gasteiger partial charge in [-0.15, -0.1) is 0 Å². The van der Waals surface area contributed by atoms with E-state index in [1.165, 1.54) is 18.4 Å². The van der Waals surface area contributed by atoms with Crippen LogP contribution in [0, 0.1) is 0 Å². The first-order valence-electron chi connectivity index (χ1n) is 7.74. The molecule has 3 rings (SSSR count). The molecule has 112 valence electrons. The normalized spacial score (nSPS) is 14.6. The Morgan fingerprint density at radius 2 is 2.05 bits per heavy atom. The van der Waals surface area contributed by atoms with Crippen molar-refractivity contribution in [3.05, 3.63) is 53.5 Å². The van der Waals surface area contributed by atoms with Gasteiger partial charge < -0.3 is 14.5 Å². The topological polar surface area (TPSA) is 34.4 Å². The molecule has 1 saturated carbocycles. The van der Waals surface area contributed by atoms with Crippen molar-refractivity contribution in [2.24, 2.45) is 0 Å². The van der Waals surface area contributed by atoms with Gasteiger partial charge in [0.1, 0.15) is 18.1 Å². The van der Waals surface area contributed by atoms with E-state index < -0.39 is 0 Å². The fraction of sp³-hybridized carbons (Fsp3) is 0.444. The third-order valence-corrected chi connectivity index (χ3v) is 3.89. The van der Waals surface area contributed by atoms with Crippen LogP contribution in [0.25, 0.3) is 0 Å². The highest BCUT2D eigenvalue weighted by atomic mass is 16.5. The molecule has 0 saturated heterocycles. The monoisotopic (exact) mass is 285 g/mol. The summed E-state index contributed by atoms with van der Waals surface area (Å²) < 4.78 is 11.6. The molecule has 3 nitrogen and oxygen atoms in total. The molecule has 1 aliphatic carbocycles. The van der Waals surface area contributed by atoms with E-state index in [-0.39, 0.29) is 0 Å². The second kappa shape index (κ2) is 6.35. The number of rotatable bonds is 7. The maximum Gasteiger partial charge on any atom is 0.124 e. The minimum Gasteiger partial charge on any atom is -0.488 e. The Hall–Kier alpha value is -1.74. The molecule has 1 aromatic heterocycles. The molecule has 1 fully saturated rings. The molecule has 0 radical (unpaired) electrons. The molecule has 1 heterocycles. The first-order valence-corrected chi connectivity index (χ1v) is 7.74. The van der Waals surface area contributed by atoms with E-state index in [1.54, 1.807) is 6.26 Å². The highest BCUT2D eigenvalue weighted by Crippen LogP contribution is 2.27. The molecule has 2 aromatic rings. The van der Waals surface area contributed by atoms with E-state index in [4.69, 9.17) is 9.15 Å². The van der Waals surface area contributed by atoms with Crippen molar-refractivity contribution < 1.29 is 9.15 Å². The smallest absolute Gasteiger partial charge is 0.124 e. The maximum absolute atomic E-state index is 6.02. The van der Waals surface area contributed by atoms with E-state index in [0.717, 1.165) is 23.6 Å². The summed E-state index contributed by atoms with van der Waals surface area (Å²) in [5, 5.41) is 3.48. The Kier molecular flexibility index (Phi) is 4.30. The number of benzene rings is 1. The molecular weight excluding hydrogens is 262 g/mol. The zero-order valence-electron chi connectivity index (χ0n) is 12.8. The van der Waals surface area contributed by atoms with Gasteiger partial charge in [-0.05, 0) is 36.5 Å². The van der Waals surface area contributed by atoms with Crippen molar-refractivity contribution in [3.8, 4) is 5.75 Å². The lowest BCUT2D eigenvalue weighted by molar-refractivity contribution is 0.297. The van der Waals surface area contributed by atoms with Crippen LogP contribution in [-0.2, 0) is 13.2 Å². The standard InChI is InChI=1S/C18H23NO2/c1-13(2)16-5-3-4-6-17(16)21-12-14-9-10-20-18(14)11-19-15-7-8-15/h3-6,9-10,13,15,19H,7-8,11-12H2,1-2H3. The van der Waals surface area contributed by atoms with E-state index in [9.17, 15) is 0 Å². The van der Waals surface area contributed by atoms with E-state index in [1.807, 2.05) is 18.2 Å². The van der Waals surface area contributed by atoms with Gasteiger partial charge in [0.05, 0.1) is 12.8 Å².